The Balaban J connectivity index is 2.30. The lowest BCUT2D eigenvalue weighted by molar-refractivity contribution is 0.552. The summed E-state index contributed by atoms with van der Waals surface area (Å²) in [6, 6.07) is 13.0. The molecule has 2 nitrogen and oxygen atoms in total. The third kappa shape index (κ3) is 3.41. The lowest BCUT2D eigenvalue weighted by Crippen LogP contribution is -2.29. The van der Waals surface area contributed by atoms with E-state index in [0.717, 1.165) is 11.1 Å². The minimum absolute atomic E-state index is 0.121. The predicted octanol–water partition coefficient (Wildman–Crippen LogP) is 4.39. The summed E-state index contributed by atoms with van der Waals surface area (Å²) in [5.74, 6) is 5.62. The van der Waals surface area contributed by atoms with Crippen LogP contribution >= 0.6 is 34.8 Å². The van der Waals surface area contributed by atoms with Crippen LogP contribution in [0, 0.1) is 0 Å². The van der Waals surface area contributed by atoms with Crippen LogP contribution in [0.4, 0.5) is 0 Å². The van der Waals surface area contributed by atoms with Gasteiger partial charge in [-0.3, -0.25) is 11.3 Å². The van der Waals surface area contributed by atoms with Gasteiger partial charge in [-0.05, 0) is 29.7 Å². The number of rotatable bonds is 4. The fourth-order valence-electron chi connectivity index (χ4n) is 1.94. The lowest BCUT2D eigenvalue weighted by Gasteiger charge is -2.18. The Hall–Kier alpha value is -0.770. The minimum Gasteiger partial charge on any atom is -0.271 e. The van der Waals surface area contributed by atoms with E-state index in [1.54, 1.807) is 6.07 Å². The Labute approximate surface area is 127 Å². The second-order valence-corrected chi connectivity index (χ2v) is 5.35. The predicted molar refractivity (Wildman–Crippen MR) is 81.7 cm³/mol. The van der Waals surface area contributed by atoms with E-state index in [9.17, 15) is 0 Å². The third-order valence-corrected chi connectivity index (χ3v) is 4.14. The van der Waals surface area contributed by atoms with E-state index in [0.29, 0.717) is 21.5 Å². The third-order valence-electron chi connectivity index (χ3n) is 2.94. The molecule has 1 unspecified atom stereocenters. The van der Waals surface area contributed by atoms with Gasteiger partial charge < -0.3 is 0 Å². The monoisotopic (exact) mass is 314 g/mol. The van der Waals surface area contributed by atoms with Gasteiger partial charge >= 0.3 is 0 Å². The molecule has 3 N–H and O–H groups in total. The van der Waals surface area contributed by atoms with Crippen molar-refractivity contribution in [3.63, 3.8) is 0 Å². The summed E-state index contributed by atoms with van der Waals surface area (Å²) in [4.78, 5) is 0. The average molecular weight is 316 g/mol. The molecule has 0 aliphatic carbocycles. The van der Waals surface area contributed by atoms with Crippen LogP contribution < -0.4 is 11.3 Å². The first kappa shape index (κ1) is 14.6. The van der Waals surface area contributed by atoms with Crippen molar-refractivity contribution < 1.29 is 0 Å². The highest BCUT2D eigenvalue weighted by molar-refractivity contribution is 6.42. The van der Waals surface area contributed by atoms with Gasteiger partial charge in [0.15, 0.2) is 0 Å². The quantitative estimate of drug-likeness (QED) is 0.648. The zero-order valence-corrected chi connectivity index (χ0v) is 12.3. The first-order chi connectivity index (χ1) is 9.13. The summed E-state index contributed by atoms with van der Waals surface area (Å²) in [7, 11) is 0. The van der Waals surface area contributed by atoms with Crippen molar-refractivity contribution in [2.75, 3.05) is 0 Å². The molecule has 19 heavy (non-hydrogen) atoms. The van der Waals surface area contributed by atoms with E-state index in [4.69, 9.17) is 40.6 Å². The Morgan fingerprint density at radius 1 is 0.947 bits per heavy atom. The van der Waals surface area contributed by atoms with E-state index in [1.165, 1.54) is 0 Å². The van der Waals surface area contributed by atoms with E-state index in [-0.39, 0.29) is 6.04 Å². The van der Waals surface area contributed by atoms with Crippen molar-refractivity contribution >= 4 is 34.8 Å². The molecule has 0 radical (unpaired) electrons. The summed E-state index contributed by atoms with van der Waals surface area (Å²) in [6.07, 6.45) is 0.611. The number of hydrogen-bond donors (Lipinski definition) is 2. The molecule has 0 aliphatic heterocycles. The molecule has 0 amide bonds. The Morgan fingerprint density at radius 3 is 2.32 bits per heavy atom. The minimum atomic E-state index is -0.121. The summed E-state index contributed by atoms with van der Waals surface area (Å²) in [6.45, 7) is 0. The fourth-order valence-corrected chi connectivity index (χ4v) is 2.61. The highest BCUT2D eigenvalue weighted by atomic mass is 35.5. The molecule has 0 heterocycles. The Kier molecular flexibility index (Phi) is 5.08. The Morgan fingerprint density at radius 2 is 1.63 bits per heavy atom. The fraction of sp³-hybridized carbons (Fsp3) is 0.143. The summed E-state index contributed by atoms with van der Waals surface area (Å²) in [5.41, 5.74) is 4.63. The summed E-state index contributed by atoms with van der Waals surface area (Å²) >= 11 is 18.4. The molecule has 2 aromatic rings. The SMILES string of the molecule is NNC(Cc1cccc(Cl)c1Cl)c1ccccc1Cl. The smallest absolute Gasteiger partial charge is 0.0624 e. The van der Waals surface area contributed by atoms with Crippen LogP contribution in [-0.2, 0) is 6.42 Å². The van der Waals surface area contributed by atoms with Gasteiger partial charge in [-0.15, -0.1) is 0 Å². The zero-order chi connectivity index (χ0) is 13.8. The van der Waals surface area contributed by atoms with Gasteiger partial charge in [0.25, 0.3) is 0 Å². The molecular weight excluding hydrogens is 303 g/mol. The first-order valence-corrected chi connectivity index (χ1v) is 6.90. The molecule has 0 fully saturated rings. The van der Waals surface area contributed by atoms with Crippen LogP contribution in [0.5, 0.6) is 0 Å². The van der Waals surface area contributed by atoms with Gasteiger partial charge in [-0.2, -0.15) is 0 Å². The van der Waals surface area contributed by atoms with Gasteiger partial charge in [-0.1, -0.05) is 65.1 Å². The standard InChI is InChI=1S/C14H13Cl3N2/c15-11-6-2-1-5-10(11)13(19-18)8-9-4-3-7-12(16)14(9)17/h1-7,13,19H,8,18H2. The van der Waals surface area contributed by atoms with Gasteiger partial charge in [0, 0.05) is 5.02 Å². The maximum atomic E-state index is 6.19. The molecule has 0 spiro atoms. The highest BCUT2D eigenvalue weighted by Crippen LogP contribution is 2.30. The van der Waals surface area contributed by atoms with Crippen LogP contribution in [0.3, 0.4) is 0 Å². The maximum Gasteiger partial charge on any atom is 0.0624 e. The molecule has 2 aromatic carbocycles. The van der Waals surface area contributed by atoms with Crippen molar-refractivity contribution in [2.24, 2.45) is 5.84 Å². The molecule has 0 bridgehead atoms. The van der Waals surface area contributed by atoms with Crippen LogP contribution in [0.15, 0.2) is 42.5 Å². The van der Waals surface area contributed by atoms with Gasteiger partial charge in [0.2, 0.25) is 0 Å². The molecule has 5 heteroatoms. The van der Waals surface area contributed by atoms with Crippen molar-refractivity contribution in [1.82, 2.24) is 5.43 Å². The second kappa shape index (κ2) is 6.60. The number of hydrogen-bond acceptors (Lipinski definition) is 2. The number of nitrogens with one attached hydrogen (secondary N) is 1. The number of nitrogens with two attached hydrogens (primary N) is 1. The first-order valence-electron chi connectivity index (χ1n) is 5.77. The average Bonchev–Trinajstić information content (AvgIpc) is 2.41. The zero-order valence-electron chi connectivity index (χ0n) is 10.0. The summed E-state index contributed by atoms with van der Waals surface area (Å²) in [5, 5.41) is 1.76. The van der Waals surface area contributed by atoms with E-state index >= 15 is 0 Å². The van der Waals surface area contributed by atoms with Crippen molar-refractivity contribution in [2.45, 2.75) is 12.5 Å². The number of halogens is 3. The van der Waals surface area contributed by atoms with Gasteiger partial charge in [0.1, 0.15) is 0 Å². The molecular formula is C14H13Cl3N2. The molecule has 100 valence electrons. The highest BCUT2D eigenvalue weighted by Gasteiger charge is 2.15. The van der Waals surface area contributed by atoms with Gasteiger partial charge in [0.05, 0.1) is 16.1 Å². The molecule has 1 atom stereocenters. The van der Waals surface area contributed by atoms with Crippen LogP contribution in [0.2, 0.25) is 15.1 Å². The van der Waals surface area contributed by atoms with Crippen LogP contribution in [0.1, 0.15) is 17.2 Å². The van der Waals surface area contributed by atoms with Crippen molar-refractivity contribution in [1.29, 1.82) is 0 Å². The summed E-state index contributed by atoms with van der Waals surface area (Å²) < 4.78 is 0. The maximum absolute atomic E-state index is 6.19. The lowest BCUT2D eigenvalue weighted by atomic mass is 9.99. The van der Waals surface area contributed by atoms with Crippen molar-refractivity contribution in [3.05, 3.63) is 68.7 Å². The second-order valence-electron chi connectivity index (χ2n) is 4.16. The largest absolute Gasteiger partial charge is 0.271 e. The van der Waals surface area contributed by atoms with E-state index < -0.39 is 0 Å². The van der Waals surface area contributed by atoms with Crippen LogP contribution in [-0.4, -0.2) is 0 Å². The van der Waals surface area contributed by atoms with Crippen molar-refractivity contribution in [3.8, 4) is 0 Å². The molecule has 0 saturated heterocycles. The molecule has 2 rings (SSSR count). The van der Waals surface area contributed by atoms with Gasteiger partial charge in [-0.25, -0.2) is 0 Å². The Bertz CT molecular complexity index is 572. The van der Waals surface area contributed by atoms with E-state index in [1.807, 2.05) is 36.4 Å². The molecule has 0 aromatic heterocycles. The van der Waals surface area contributed by atoms with E-state index in [2.05, 4.69) is 5.43 Å². The number of hydrazine groups is 1. The molecule has 0 aliphatic rings. The van der Waals surface area contributed by atoms with Crippen LogP contribution in [0.25, 0.3) is 0 Å². The molecule has 0 saturated carbocycles. The topological polar surface area (TPSA) is 38.0 Å². The normalized spacial score (nSPS) is 12.4. The number of benzene rings is 2.